The van der Waals surface area contributed by atoms with Gasteiger partial charge in [-0.2, -0.15) is 13.2 Å². The minimum Gasteiger partial charge on any atom is -0.319 e. The Kier molecular flexibility index (Phi) is 3.76. The first-order valence-electron chi connectivity index (χ1n) is 5.84. The summed E-state index contributed by atoms with van der Waals surface area (Å²) >= 11 is 0. The monoisotopic (exact) mass is 284 g/mol. The number of hydrogen-bond acceptors (Lipinski definition) is 2. The number of alkyl halides is 3. The van der Waals surface area contributed by atoms with Crippen LogP contribution >= 0.6 is 0 Å². The van der Waals surface area contributed by atoms with Crippen molar-refractivity contribution in [1.29, 1.82) is 0 Å². The first-order chi connectivity index (χ1) is 9.29. The van der Waals surface area contributed by atoms with Crippen molar-refractivity contribution in [3.63, 3.8) is 0 Å². The van der Waals surface area contributed by atoms with E-state index >= 15 is 0 Å². The lowest BCUT2D eigenvalue weighted by Gasteiger charge is -2.15. The summed E-state index contributed by atoms with van der Waals surface area (Å²) in [5.41, 5.74) is 6.60. The number of nitrogens with two attached hydrogens (primary N) is 1. The van der Waals surface area contributed by atoms with E-state index in [0.717, 1.165) is 17.8 Å². The summed E-state index contributed by atoms with van der Waals surface area (Å²) in [6.07, 6.45) is -3.71. The molecule has 1 atom stereocenters. The van der Waals surface area contributed by atoms with Crippen LogP contribution in [0.2, 0.25) is 0 Å². The van der Waals surface area contributed by atoms with Crippen LogP contribution in [0.1, 0.15) is 28.4 Å². The summed E-state index contributed by atoms with van der Waals surface area (Å²) in [6, 6.07) is 5.47. The van der Waals surface area contributed by atoms with Gasteiger partial charge in [0.25, 0.3) is 0 Å². The Morgan fingerprint density at radius 1 is 1.15 bits per heavy atom. The molecule has 106 valence electrons. The fraction of sp³-hybridized carbons (Fsp3) is 0.214. The van der Waals surface area contributed by atoms with Gasteiger partial charge in [0, 0.05) is 6.20 Å². The van der Waals surface area contributed by atoms with Gasteiger partial charge in [-0.1, -0.05) is 6.07 Å². The predicted octanol–water partition coefficient (Wildman–Crippen LogP) is 3.60. The zero-order chi connectivity index (χ0) is 14.9. The molecule has 2 nitrogen and oxygen atoms in total. The van der Waals surface area contributed by atoms with Crippen molar-refractivity contribution in [3.8, 4) is 0 Å². The molecular formula is C14H12F4N2. The van der Waals surface area contributed by atoms with Gasteiger partial charge in [-0.05, 0) is 42.3 Å². The van der Waals surface area contributed by atoms with E-state index < -0.39 is 23.6 Å². The van der Waals surface area contributed by atoms with Crippen LogP contribution in [0.15, 0.2) is 36.5 Å². The lowest BCUT2D eigenvalue weighted by atomic mass is 9.98. The molecule has 0 aliphatic rings. The number of nitrogens with zero attached hydrogens (tertiary/aromatic N) is 1. The minimum atomic E-state index is -4.44. The number of rotatable bonds is 2. The molecule has 0 saturated carbocycles. The van der Waals surface area contributed by atoms with Crippen molar-refractivity contribution in [3.05, 3.63) is 64.7 Å². The maximum absolute atomic E-state index is 13.2. The van der Waals surface area contributed by atoms with Crippen LogP contribution < -0.4 is 5.73 Å². The van der Waals surface area contributed by atoms with E-state index in [9.17, 15) is 17.6 Å². The normalized spacial score (nSPS) is 13.3. The lowest BCUT2D eigenvalue weighted by Crippen LogP contribution is -2.16. The highest BCUT2D eigenvalue weighted by Gasteiger charge is 2.31. The van der Waals surface area contributed by atoms with Gasteiger partial charge in [-0.3, -0.25) is 4.98 Å². The van der Waals surface area contributed by atoms with E-state index in [1.165, 1.54) is 18.2 Å². The quantitative estimate of drug-likeness (QED) is 0.856. The maximum Gasteiger partial charge on any atom is 0.417 e. The highest BCUT2D eigenvalue weighted by Crippen LogP contribution is 2.29. The minimum absolute atomic E-state index is 0.256. The third-order valence-corrected chi connectivity index (χ3v) is 3.01. The molecule has 0 radical (unpaired) electrons. The van der Waals surface area contributed by atoms with Gasteiger partial charge < -0.3 is 5.73 Å². The van der Waals surface area contributed by atoms with Gasteiger partial charge in [-0.25, -0.2) is 4.39 Å². The Labute approximate surface area is 113 Å². The van der Waals surface area contributed by atoms with Crippen LogP contribution in [0.5, 0.6) is 0 Å². The predicted molar refractivity (Wildman–Crippen MR) is 66.4 cm³/mol. The Balaban J connectivity index is 2.34. The number of aryl methyl sites for hydroxylation is 1. The third kappa shape index (κ3) is 2.96. The smallest absolute Gasteiger partial charge is 0.319 e. The molecule has 2 aromatic rings. The van der Waals surface area contributed by atoms with Gasteiger partial charge in [0.1, 0.15) is 5.82 Å². The fourth-order valence-electron chi connectivity index (χ4n) is 1.86. The number of halogens is 4. The van der Waals surface area contributed by atoms with E-state index in [-0.39, 0.29) is 5.69 Å². The van der Waals surface area contributed by atoms with Crippen molar-refractivity contribution in [1.82, 2.24) is 4.98 Å². The molecule has 1 aromatic carbocycles. The number of benzene rings is 1. The Hall–Kier alpha value is -1.95. The second kappa shape index (κ2) is 5.20. The van der Waals surface area contributed by atoms with Crippen molar-refractivity contribution < 1.29 is 17.6 Å². The van der Waals surface area contributed by atoms with Crippen LogP contribution in [-0.2, 0) is 6.18 Å². The van der Waals surface area contributed by atoms with Gasteiger partial charge in [0.15, 0.2) is 0 Å². The number of pyridine rings is 1. The SMILES string of the molecule is Cc1ccc(F)cc1C(N)c1ccc(C(F)(F)F)cn1. The second-order valence-corrected chi connectivity index (χ2v) is 4.45. The summed E-state index contributed by atoms with van der Waals surface area (Å²) in [7, 11) is 0. The molecule has 2 N–H and O–H groups in total. The molecule has 0 bridgehead atoms. The molecule has 1 heterocycles. The molecular weight excluding hydrogens is 272 g/mol. The molecule has 0 saturated heterocycles. The Morgan fingerprint density at radius 3 is 2.40 bits per heavy atom. The topological polar surface area (TPSA) is 38.9 Å². The zero-order valence-corrected chi connectivity index (χ0v) is 10.6. The fourth-order valence-corrected chi connectivity index (χ4v) is 1.86. The number of aromatic nitrogens is 1. The number of hydrogen-bond donors (Lipinski definition) is 1. The van der Waals surface area contributed by atoms with E-state index in [1.807, 2.05) is 0 Å². The Bertz CT molecular complexity index is 606. The van der Waals surface area contributed by atoms with E-state index in [0.29, 0.717) is 5.56 Å². The van der Waals surface area contributed by atoms with E-state index in [4.69, 9.17) is 5.73 Å². The Morgan fingerprint density at radius 2 is 1.85 bits per heavy atom. The van der Waals surface area contributed by atoms with Crippen molar-refractivity contribution in [2.75, 3.05) is 0 Å². The first kappa shape index (κ1) is 14.5. The second-order valence-electron chi connectivity index (χ2n) is 4.45. The average Bonchev–Trinajstić information content (AvgIpc) is 2.40. The van der Waals surface area contributed by atoms with Crippen molar-refractivity contribution >= 4 is 0 Å². The molecule has 1 aromatic heterocycles. The van der Waals surface area contributed by atoms with Crippen LogP contribution in [-0.4, -0.2) is 4.98 Å². The summed E-state index contributed by atoms with van der Waals surface area (Å²) in [5.74, 6) is -0.451. The van der Waals surface area contributed by atoms with Crippen LogP contribution in [0.4, 0.5) is 17.6 Å². The highest BCUT2D eigenvalue weighted by molar-refractivity contribution is 5.35. The van der Waals surface area contributed by atoms with Gasteiger partial charge in [-0.15, -0.1) is 0 Å². The maximum atomic E-state index is 13.2. The molecule has 1 unspecified atom stereocenters. The largest absolute Gasteiger partial charge is 0.417 e. The summed E-state index contributed by atoms with van der Waals surface area (Å²) < 4.78 is 50.5. The standard InChI is InChI=1S/C14H12F4N2/c1-8-2-4-10(15)6-11(8)13(19)12-5-3-9(7-20-12)14(16,17)18/h2-7,13H,19H2,1H3. The van der Waals surface area contributed by atoms with Crippen LogP contribution in [0, 0.1) is 12.7 Å². The average molecular weight is 284 g/mol. The van der Waals surface area contributed by atoms with Crippen LogP contribution in [0.25, 0.3) is 0 Å². The van der Waals surface area contributed by atoms with Crippen LogP contribution in [0.3, 0.4) is 0 Å². The molecule has 2 rings (SSSR count). The summed E-state index contributed by atoms with van der Waals surface area (Å²) in [4.78, 5) is 3.72. The summed E-state index contributed by atoms with van der Waals surface area (Å²) in [5, 5.41) is 0. The van der Waals surface area contributed by atoms with Gasteiger partial charge >= 0.3 is 6.18 Å². The first-order valence-corrected chi connectivity index (χ1v) is 5.84. The molecule has 0 amide bonds. The van der Waals surface area contributed by atoms with Crippen molar-refractivity contribution in [2.24, 2.45) is 5.73 Å². The third-order valence-electron chi connectivity index (χ3n) is 3.01. The molecule has 20 heavy (non-hydrogen) atoms. The van der Waals surface area contributed by atoms with E-state index in [1.54, 1.807) is 13.0 Å². The highest BCUT2D eigenvalue weighted by atomic mass is 19.4. The van der Waals surface area contributed by atoms with Gasteiger partial charge in [0.2, 0.25) is 0 Å². The zero-order valence-electron chi connectivity index (χ0n) is 10.6. The molecule has 0 fully saturated rings. The summed E-state index contributed by atoms with van der Waals surface area (Å²) in [6.45, 7) is 1.75. The molecule has 6 heteroatoms. The molecule has 0 aliphatic heterocycles. The lowest BCUT2D eigenvalue weighted by molar-refractivity contribution is -0.137. The van der Waals surface area contributed by atoms with E-state index in [2.05, 4.69) is 4.98 Å². The van der Waals surface area contributed by atoms with Crippen molar-refractivity contribution in [2.45, 2.75) is 19.1 Å². The molecule has 0 aliphatic carbocycles. The molecule has 0 spiro atoms. The van der Waals surface area contributed by atoms with Gasteiger partial charge in [0.05, 0.1) is 17.3 Å².